The Hall–Kier alpha value is -0.220. The van der Waals surface area contributed by atoms with Crippen molar-refractivity contribution in [3.05, 3.63) is 11.6 Å². The van der Waals surface area contributed by atoms with Crippen LogP contribution >= 0.6 is 12.4 Å². The van der Waals surface area contributed by atoms with Crippen LogP contribution in [0, 0.1) is 0 Å². The summed E-state index contributed by atoms with van der Waals surface area (Å²) in [7, 11) is 0. The molecule has 66 valence electrons. The molecule has 0 spiro atoms. The maximum atomic E-state index is 11.6. The Morgan fingerprint density at radius 2 is 2.00 bits per heavy atom. The average molecular weight is 188 g/mol. The summed E-state index contributed by atoms with van der Waals surface area (Å²) in [5, 5.41) is 2.83. The van der Waals surface area contributed by atoms with Gasteiger partial charge in [0.05, 0.1) is 0 Å². The lowest BCUT2D eigenvalue weighted by Gasteiger charge is -1.99. The molecule has 0 unspecified atom stereocenters. The van der Waals surface area contributed by atoms with Crippen molar-refractivity contribution in [3.63, 3.8) is 0 Å². The number of rotatable bonds is 0. The first-order chi connectivity index (χ1) is 4.58. The molecule has 0 aromatic rings. The number of allylic oxidation sites excluding steroid dienone is 1. The van der Waals surface area contributed by atoms with Gasteiger partial charge in [-0.1, -0.05) is 5.57 Å². The Morgan fingerprint density at radius 1 is 1.36 bits per heavy atom. The van der Waals surface area contributed by atoms with Crippen LogP contribution in [0.25, 0.3) is 0 Å². The van der Waals surface area contributed by atoms with E-state index in [2.05, 4.69) is 5.32 Å². The van der Waals surface area contributed by atoms with Crippen LogP contribution in [0.1, 0.15) is 6.42 Å². The second-order valence-electron chi connectivity index (χ2n) is 2.27. The number of halogens is 4. The first-order valence-corrected chi connectivity index (χ1v) is 3.06. The predicted octanol–water partition coefficient (Wildman–Crippen LogP) is 1.89. The smallest absolute Gasteiger partial charge is 0.313 e. The summed E-state index contributed by atoms with van der Waals surface area (Å²) in [6.45, 7) is 1.06. The van der Waals surface area contributed by atoms with Crippen molar-refractivity contribution in [2.45, 2.75) is 12.6 Å². The van der Waals surface area contributed by atoms with Gasteiger partial charge in [0.15, 0.2) is 0 Å². The Morgan fingerprint density at radius 3 is 2.36 bits per heavy atom. The van der Waals surface area contributed by atoms with Crippen LogP contribution in [-0.4, -0.2) is 19.3 Å². The average Bonchev–Trinajstić information content (AvgIpc) is 2.12. The summed E-state index contributed by atoms with van der Waals surface area (Å²) in [5.74, 6) is 0. The fourth-order valence-corrected chi connectivity index (χ4v) is 0.941. The van der Waals surface area contributed by atoms with Crippen molar-refractivity contribution in [1.29, 1.82) is 0 Å². The largest absolute Gasteiger partial charge is 0.409 e. The van der Waals surface area contributed by atoms with E-state index in [9.17, 15) is 13.2 Å². The second-order valence-corrected chi connectivity index (χ2v) is 2.27. The third kappa shape index (κ3) is 4.27. The fraction of sp³-hybridized carbons (Fsp3) is 0.667. The minimum Gasteiger partial charge on any atom is -0.313 e. The lowest BCUT2D eigenvalue weighted by atomic mass is 10.2. The lowest BCUT2D eigenvalue weighted by Crippen LogP contribution is -2.07. The monoisotopic (exact) mass is 187 g/mol. The van der Waals surface area contributed by atoms with E-state index in [0.717, 1.165) is 0 Å². The van der Waals surface area contributed by atoms with Crippen molar-refractivity contribution in [3.8, 4) is 0 Å². The van der Waals surface area contributed by atoms with Crippen LogP contribution in [-0.2, 0) is 0 Å². The van der Waals surface area contributed by atoms with Crippen LogP contribution in [0.3, 0.4) is 0 Å². The number of hydrogen-bond acceptors (Lipinski definition) is 1. The molecule has 1 N–H and O–H groups in total. The number of alkyl halides is 3. The Kier molecular flexibility index (Phi) is 3.89. The summed E-state index contributed by atoms with van der Waals surface area (Å²) in [5.41, 5.74) is 0.451. The van der Waals surface area contributed by atoms with E-state index in [1.54, 1.807) is 0 Å². The maximum absolute atomic E-state index is 11.6. The Balaban J connectivity index is 0.000001000. The molecule has 1 aliphatic rings. The first-order valence-electron chi connectivity index (χ1n) is 3.06. The van der Waals surface area contributed by atoms with Gasteiger partial charge < -0.3 is 5.32 Å². The Bertz CT molecular complexity index is 144. The van der Waals surface area contributed by atoms with Crippen molar-refractivity contribution < 1.29 is 13.2 Å². The van der Waals surface area contributed by atoms with Crippen LogP contribution in [0.2, 0.25) is 0 Å². The molecule has 0 radical (unpaired) electrons. The second kappa shape index (κ2) is 3.97. The minimum absolute atomic E-state index is 0. The van der Waals surface area contributed by atoms with Crippen LogP contribution in [0.15, 0.2) is 11.6 Å². The molecule has 5 heteroatoms. The van der Waals surface area contributed by atoms with Crippen LogP contribution in [0.5, 0.6) is 0 Å². The van der Waals surface area contributed by atoms with Crippen molar-refractivity contribution in [2.75, 3.05) is 13.1 Å². The van der Waals surface area contributed by atoms with Gasteiger partial charge in [0, 0.05) is 12.6 Å². The highest BCUT2D eigenvalue weighted by Crippen LogP contribution is 2.20. The topological polar surface area (TPSA) is 12.0 Å². The molecule has 0 bridgehead atoms. The van der Waals surface area contributed by atoms with Gasteiger partial charge in [-0.2, -0.15) is 13.2 Å². The molecule has 1 saturated heterocycles. The standard InChI is InChI=1S/C6H8F3N.ClH/c7-6(8,9)3-5-1-2-10-4-5;/h3,10H,1-2,4H2;1H/b5-3-;. The van der Waals surface area contributed by atoms with E-state index >= 15 is 0 Å². The van der Waals surface area contributed by atoms with Crippen LogP contribution < -0.4 is 5.32 Å². The fourth-order valence-electron chi connectivity index (χ4n) is 0.941. The van der Waals surface area contributed by atoms with Crippen molar-refractivity contribution in [1.82, 2.24) is 5.32 Å². The molecule has 1 aliphatic heterocycles. The van der Waals surface area contributed by atoms with E-state index in [0.29, 0.717) is 31.2 Å². The van der Waals surface area contributed by atoms with Crippen LogP contribution in [0.4, 0.5) is 13.2 Å². The number of hydrogen-bond donors (Lipinski definition) is 1. The predicted molar refractivity (Wildman–Crippen MR) is 38.9 cm³/mol. The van der Waals surface area contributed by atoms with Gasteiger partial charge in [-0.15, -0.1) is 12.4 Å². The molecule has 1 heterocycles. The lowest BCUT2D eigenvalue weighted by molar-refractivity contribution is -0.0805. The van der Waals surface area contributed by atoms with Gasteiger partial charge >= 0.3 is 6.18 Å². The Labute approximate surface area is 69.1 Å². The highest BCUT2D eigenvalue weighted by molar-refractivity contribution is 5.85. The first kappa shape index (κ1) is 10.8. The molecular formula is C6H9ClF3N. The van der Waals surface area contributed by atoms with Gasteiger partial charge in [-0.3, -0.25) is 0 Å². The third-order valence-electron chi connectivity index (χ3n) is 1.34. The molecule has 0 saturated carbocycles. The zero-order valence-electron chi connectivity index (χ0n) is 5.74. The van der Waals surface area contributed by atoms with E-state index in [1.165, 1.54) is 0 Å². The van der Waals surface area contributed by atoms with E-state index in [1.807, 2.05) is 0 Å². The molecular weight excluding hydrogens is 179 g/mol. The molecule has 0 atom stereocenters. The molecule has 0 aliphatic carbocycles. The van der Waals surface area contributed by atoms with Gasteiger partial charge in [0.2, 0.25) is 0 Å². The molecule has 1 rings (SSSR count). The highest BCUT2D eigenvalue weighted by atomic mass is 35.5. The number of nitrogens with one attached hydrogen (secondary N) is 1. The summed E-state index contributed by atoms with van der Waals surface area (Å²) >= 11 is 0. The molecule has 0 amide bonds. The van der Waals surface area contributed by atoms with E-state index in [4.69, 9.17) is 0 Å². The highest BCUT2D eigenvalue weighted by Gasteiger charge is 2.25. The van der Waals surface area contributed by atoms with Crippen molar-refractivity contribution in [2.24, 2.45) is 0 Å². The summed E-state index contributed by atoms with van der Waals surface area (Å²) in [6.07, 6.45) is -3.23. The maximum Gasteiger partial charge on any atom is 0.409 e. The zero-order valence-corrected chi connectivity index (χ0v) is 6.56. The third-order valence-corrected chi connectivity index (χ3v) is 1.34. The molecule has 11 heavy (non-hydrogen) atoms. The van der Waals surface area contributed by atoms with E-state index in [-0.39, 0.29) is 12.4 Å². The normalized spacial score (nSPS) is 21.9. The summed E-state index contributed by atoms with van der Waals surface area (Å²) in [4.78, 5) is 0. The molecule has 0 aromatic carbocycles. The van der Waals surface area contributed by atoms with Gasteiger partial charge in [0.25, 0.3) is 0 Å². The summed E-state index contributed by atoms with van der Waals surface area (Å²) in [6, 6.07) is 0. The quantitative estimate of drug-likeness (QED) is 0.571. The van der Waals surface area contributed by atoms with Gasteiger partial charge in [0.1, 0.15) is 0 Å². The van der Waals surface area contributed by atoms with E-state index < -0.39 is 6.18 Å². The SMILES string of the molecule is Cl.FC(F)(F)/C=C1/CCNC1. The zero-order chi connectivity index (χ0) is 7.61. The molecule has 0 aromatic heterocycles. The van der Waals surface area contributed by atoms with Crippen molar-refractivity contribution >= 4 is 12.4 Å². The molecule has 1 fully saturated rings. The summed E-state index contributed by atoms with van der Waals surface area (Å²) < 4.78 is 34.8. The minimum atomic E-state index is -4.14. The van der Waals surface area contributed by atoms with Gasteiger partial charge in [-0.25, -0.2) is 0 Å². The molecule has 1 nitrogen and oxygen atoms in total. The van der Waals surface area contributed by atoms with Gasteiger partial charge in [-0.05, 0) is 13.0 Å².